The number of hydrogen-bond donors (Lipinski definition) is 2. The standard InChI is InChI=1S/C8H17NO2/c1-6(2)9-4-8(11)3-7(9)5-10/h6-8,10-11H,3-5H2,1-2H3/t7-,8+/m1/s1. The molecule has 2 N–H and O–H groups in total. The van der Waals surface area contributed by atoms with Crippen molar-refractivity contribution in [3.63, 3.8) is 0 Å². The number of hydrogen-bond acceptors (Lipinski definition) is 3. The van der Waals surface area contributed by atoms with Crippen LogP contribution in [0.15, 0.2) is 0 Å². The van der Waals surface area contributed by atoms with Gasteiger partial charge in [-0.3, -0.25) is 4.90 Å². The molecule has 0 spiro atoms. The lowest BCUT2D eigenvalue weighted by Gasteiger charge is -2.26. The lowest BCUT2D eigenvalue weighted by atomic mass is 10.2. The second-order valence-corrected chi connectivity index (χ2v) is 3.52. The fourth-order valence-electron chi connectivity index (χ4n) is 1.73. The molecule has 1 heterocycles. The van der Waals surface area contributed by atoms with Crippen molar-refractivity contribution in [1.82, 2.24) is 4.90 Å². The van der Waals surface area contributed by atoms with E-state index < -0.39 is 0 Å². The van der Waals surface area contributed by atoms with Gasteiger partial charge in [-0.05, 0) is 20.3 Å². The van der Waals surface area contributed by atoms with Gasteiger partial charge >= 0.3 is 0 Å². The van der Waals surface area contributed by atoms with Crippen molar-refractivity contribution >= 4 is 0 Å². The topological polar surface area (TPSA) is 43.7 Å². The van der Waals surface area contributed by atoms with Gasteiger partial charge in [0, 0.05) is 18.6 Å². The van der Waals surface area contributed by atoms with Crippen LogP contribution in [0.3, 0.4) is 0 Å². The molecule has 0 amide bonds. The molecule has 3 nitrogen and oxygen atoms in total. The van der Waals surface area contributed by atoms with Gasteiger partial charge < -0.3 is 10.2 Å². The maximum atomic E-state index is 9.30. The number of rotatable bonds is 2. The Bertz CT molecular complexity index is 127. The van der Waals surface area contributed by atoms with E-state index in [9.17, 15) is 5.11 Å². The fraction of sp³-hybridized carbons (Fsp3) is 1.00. The minimum Gasteiger partial charge on any atom is -0.395 e. The molecule has 1 rings (SSSR count). The van der Waals surface area contributed by atoms with Crippen molar-refractivity contribution in [3.8, 4) is 0 Å². The average molecular weight is 159 g/mol. The van der Waals surface area contributed by atoms with E-state index in [1.807, 2.05) is 0 Å². The Labute approximate surface area is 67.6 Å². The number of aliphatic hydroxyl groups is 2. The third kappa shape index (κ3) is 1.92. The first-order valence-corrected chi connectivity index (χ1v) is 4.19. The van der Waals surface area contributed by atoms with Crippen molar-refractivity contribution in [2.45, 2.75) is 38.5 Å². The average Bonchev–Trinajstić information content (AvgIpc) is 2.30. The summed E-state index contributed by atoms with van der Waals surface area (Å²) in [6.45, 7) is 5.04. The zero-order valence-corrected chi connectivity index (χ0v) is 7.20. The molecule has 0 aromatic rings. The van der Waals surface area contributed by atoms with Crippen LogP contribution in [0.1, 0.15) is 20.3 Å². The van der Waals surface area contributed by atoms with Crippen LogP contribution >= 0.6 is 0 Å². The van der Waals surface area contributed by atoms with Gasteiger partial charge in [0.2, 0.25) is 0 Å². The monoisotopic (exact) mass is 159 g/mol. The largest absolute Gasteiger partial charge is 0.395 e. The Balaban J connectivity index is 2.50. The van der Waals surface area contributed by atoms with E-state index >= 15 is 0 Å². The molecule has 1 aliphatic heterocycles. The first-order chi connectivity index (χ1) is 5.15. The van der Waals surface area contributed by atoms with Gasteiger partial charge in [0.25, 0.3) is 0 Å². The SMILES string of the molecule is CC(C)N1C[C@@H](O)C[C@@H]1CO. The van der Waals surface area contributed by atoms with Gasteiger partial charge in [0.1, 0.15) is 0 Å². The zero-order valence-electron chi connectivity index (χ0n) is 7.20. The van der Waals surface area contributed by atoms with Gasteiger partial charge in [0.05, 0.1) is 12.7 Å². The maximum absolute atomic E-state index is 9.30. The van der Waals surface area contributed by atoms with E-state index in [1.54, 1.807) is 0 Å². The Hall–Kier alpha value is -0.120. The number of likely N-dealkylation sites (tertiary alicyclic amines) is 1. The third-order valence-electron chi connectivity index (χ3n) is 2.31. The summed E-state index contributed by atoms with van der Waals surface area (Å²) in [5, 5.41) is 18.2. The van der Waals surface area contributed by atoms with Gasteiger partial charge in [-0.15, -0.1) is 0 Å². The van der Waals surface area contributed by atoms with Crippen molar-refractivity contribution in [1.29, 1.82) is 0 Å². The molecule has 0 bridgehead atoms. The van der Waals surface area contributed by atoms with Crippen LogP contribution in [0.2, 0.25) is 0 Å². The highest BCUT2D eigenvalue weighted by Crippen LogP contribution is 2.19. The van der Waals surface area contributed by atoms with E-state index in [0.29, 0.717) is 19.0 Å². The normalized spacial score (nSPS) is 33.5. The van der Waals surface area contributed by atoms with E-state index in [2.05, 4.69) is 18.7 Å². The second-order valence-electron chi connectivity index (χ2n) is 3.52. The van der Waals surface area contributed by atoms with Crippen molar-refractivity contribution in [2.24, 2.45) is 0 Å². The first-order valence-electron chi connectivity index (χ1n) is 4.19. The van der Waals surface area contributed by atoms with Gasteiger partial charge in [0.15, 0.2) is 0 Å². The van der Waals surface area contributed by atoms with Crippen LogP contribution in [0.25, 0.3) is 0 Å². The summed E-state index contributed by atoms with van der Waals surface area (Å²) in [6.07, 6.45) is 0.476. The Morgan fingerprint density at radius 3 is 2.55 bits per heavy atom. The molecule has 0 aliphatic carbocycles. The van der Waals surface area contributed by atoms with Crippen LogP contribution < -0.4 is 0 Å². The Morgan fingerprint density at radius 1 is 1.55 bits per heavy atom. The molecule has 1 fully saturated rings. The lowest BCUT2D eigenvalue weighted by molar-refractivity contribution is 0.128. The van der Waals surface area contributed by atoms with Crippen LogP contribution in [0.5, 0.6) is 0 Å². The van der Waals surface area contributed by atoms with Crippen molar-refractivity contribution in [2.75, 3.05) is 13.2 Å². The fourth-order valence-corrected chi connectivity index (χ4v) is 1.73. The van der Waals surface area contributed by atoms with E-state index in [4.69, 9.17) is 5.11 Å². The molecule has 0 radical (unpaired) electrons. The summed E-state index contributed by atoms with van der Waals surface area (Å²) in [5.41, 5.74) is 0. The molecule has 0 saturated carbocycles. The second kappa shape index (κ2) is 3.52. The molecule has 0 unspecified atom stereocenters. The highest BCUT2D eigenvalue weighted by Gasteiger charge is 2.31. The molecule has 11 heavy (non-hydrogen) atoms. The van der Waals surface area contributed by atoms with Gasteiger partial charge in [-0.2, -0.15) is 0 Å². The minimum atomic E-state index is -0.241. The third-order valence-corrected chi connectivity index (χ3v) is 2.31. The molecular formula is C8H17NO2. The molecule has 1 saturated heterocycles. The number of β-amino-alcohol motifs (C(OH)–C–C–N with tert-alkyl or cyclic N) is 1. The molecule has 1 aliphatic rings. The predicted octanol–water partition coefficient (Wildman–Crippen LogP) is -0.178. The molecule has 66 valence electrons. The molecule has 3 heteroatoms. The molecule has 0 aromatic carbocycles. The van der Waals surface area contributed by atoms with Gasteiger partial charge in [-0.1, -0.05) is 0 Å². The predicted molar refractivity (Wildman–Crippen MR) is 43.3 cm³/mol. The minimum absolute atomic E-state index is 0.162. The van der Waals surface area contributed by atoms with Crippen molar-refractivity contribution < 1.29 is 10.2 Å². The van der Waals surface area contributed by atoms with Crippen LogP contribution in [-0.4, -0.2) is 46.5 Å². The molecule has 0 aromatic heterocycles. The van der Waals surface area contributed by atoms with E-state index in [1.165, 1.54) is 0 Å². The summed E-state index contributed by atoms with van der Waals surface area (Å²) in [4.78, 5) is 2.14. The highest BCUT2D eigenvalue weighted by atomic mass is 16.3. The summed E-state index contributed by atoms with van der Waals surface area (Å²) < 4.78 is 0. The molecule has 2 atom stereocenters. The first kappa shape index (κ1) is 8.97. The number of nitrogens with zero attached hydrogens (tertiary/aromatic N) is 1. The molecular weight excluding hydrogens is 142 g/mol. The van der Waals surface area contributed by atoms with E-state index in [0.717, 1.165) is 0 Å². The van der Waals surface area contributed by atoms with Gasteiger partial charge in [-0.25, -0.2) is 0 Å². The Kier molecular flexibility index (Phi) is 2.87. The number of aliphatic hydroxyl groups excluding tert-OH is 2. The van der Waals surface area contributed by atoms with E-state index in [-0.39, 0.29) is 18.8 Å². The summed E-state index contributed by atoms with van der Waals surface area (Å²) in [6, 6.07) is 0.592. The quantitative estimate of drug-likeness (QED) is 0.587. The summed E-state index contributed by atoms with van der Waals surface area (Å²) in [7, 11) is 0. The van der Waals surface area contributed by atoms with Crippen molar-refractivity contribution in [3.05, 3.63) is 0 Å². The lowest BCUT2D eigenvalue weighted by Crippen LogP contribution is -2.37. The van der Waals surface area contributed by atoms with Crippen LogP contribution in [-0.2, 0) is 0 Å². The summed E-state index contributed by atoms with van der Waals surface area (Å²) >= 11 is 0. The smallest absolute Gasteiger partial charge is 0.0683 e. The Morgan fingerprint density at radius 2 is 2.18 bits per heavy atom. The highest BCUT2D eigenvalue weighted by molar-refractivity contribution is 4.86. The van der Waals surface area contributed by atoms with Crippen LogP contribution in [0, 0.1) is 0 Å². The zero-order chi connectivity index (χ0) is 8.43. The van der Waals surface area contributed by atoms with Crippen LogP contribution in [0.4, 0.5) is 0 Å². The summed E-state index contributed by atoms with van der Waals surface area (Å²) in [5.74, 6) is 0. The maximum Gasteiger partial charge on any atom is 0.0683 e.